The second-order valence-electron chi connectivity index (χ2n) is 8.11. The van der Waals surface area contributed by atoms with Crippen LogP contribution in [0.3, 0.4) is 0 Å². The zero-order valence-corrected chi connectivity index (χ0v) is 17.5. The van der Waals surface area contributed by atoms with Crippen molar-refractivity contribution >= 4 is 38.8 Å². The lowest BCUT2D eigenvalue weighted by Crippen LogP contribution is -2.34. The summed E-state index contributed by atoms with van der Waals surface area (Å²) in [6.07, 6.45) is 3.87. The van der Waals surface area contributed by atoms with Gasteiger partial charge in [0.25, 0.3) is 5.91 Å². The molecular formula is C24H24N2O3S. The third-order valence-electron chi connectivity index (χ3n) is 6.04. The van der Waals surface area contributed by atoms with Gasteiger partial charge in [0.2, 0.25) is 0 Å². The van der Waals surface area contributed by atoms with Crippen molar-refractivity contribution in [2.24, 2.45) is 5.92 Å². The number of ether oxygens (including phenoxy) is 1. The van der Waals surface area contributed by atoms with Gasteiger partial charge in [0.05, 0.1) is 10.6 Å². The highest BCUT2D eigenvalue weighted by Crippen LogP contribution is 2.33. The third kappa shape index (κ3) is 3.98. The summed E-state index contributed by atoms with van der Waals surface area (Å²) in [6, 6.07) is 16.6. The largest absolute Gasteiger partial charge is 0.482 e. The highest BCUT2D eigenvalue weighted by molar-refractivity contribution is 7.20. The standard InChI is InChI=1S/C24H24N2O3S/c27-23-14-29-20-10-5-15(11-19(20)26-23)13-25-18-8-6-16(7-9-18)24(28)22-12-17-3-1-2-4-21(17)30-22/h1-5,10-12,16,18,25H,6-9,13-14H2,(H,26,27). The van der Waals surface area contributed by atoms with Crippen LogP contribution in [-0.2, 0) is 11.3 Å². The lowest BCUT2D eigenvalue weighted by molar-refractivity contribution is -0.118. The minimum Gasteiger partial charge on any atom is -0.482 e. The first-order valence-corrected chi connectivity index (χ1v) is 11.3. The van der Waals surface area contributed by atoms with E-state index in [4.69, 9.17) is 4.74 Å². The zero-order chi connectivity index (χ0) is 20.5. The Kier molecular flexibility index (Phi) is 5.27. The SMILES string of the molecule is O=C1COc2ccc(CNC3CCC(C(=O)c4cc5ccccc5s4)CC3)cc2N1. The van der Waals surface area contributed by atoms with Crippen LogP contribution in [0, 0.1) is 5.92 Å². The highest BCUT2D eigenvalue weighted by atomic mass is 32.1. The number of hydrogen-bond donors (Lipinski definition) is 2. The predicted molar refractivity (Wildman–Crippen MR) is 119 cm³/mol. The summed E-state index contributed by atoms with van der Waals surface area (Å²) < 4.78 is 6.59. The molecule has 0 bridgehead atoms. The number of benzene rings is 2. The van der Waals surface area contributed by atoms with Crippen LogP contribution in [0.5, 0.6) is 5.75 Å². The Morgan fingerprint density at radius 2 is 1.93 bits per heavy atom. The molecule has 30 heavy (non-hydrogen) atoms. The maximum atomic E-state index is 13.0. The van der Waals surface area contributed by atoms with E-state index < -0.39 is 0 Å². The lowest BCUT2D eigenvalue weighted by atomic mass is 9.83. The number of carbonyl (C=O) groups is 2. The molecule has 1 amide bonds. The summed E-state index contributed by atoms with van der Waals surface area (Å²) in [5.41, 5.74) is 1.85. The number of Topliss-reactive ketones (excluding diaryl/α,β-unsaturated/α-hetero) is 1. The molecule has 154 valence electrons. The van der Waals surface area contributed by atoms with Crippen molar-refractivity contribution in [3.8, 4) is 5.75 Å². The van der Waals surface area contributed by atoms with Crippen molar-refractivity contribution < 1.29 is 14.3 Å². The van der Waals surface area contributed by atoms with E-state index in [0.717, 1.165) is 59.5 Å². The topological polar surface area (TPSA) is 67.4 Å². The first-order valence-electron chi connectivity index (χ1n) is 10.5. The molecule has 1 fully saturated rings. The number of rotatable bonds is 5. The molecule has 2 aliphatic rings. The van der Waals surface area contributed by atoms with E-state index in [-0.39, 0.29) is 18.4 Å². The molecular weight excluding hydrogens is 396 g/mol. The first-order chi connectivity index (χ1) is 14.7. The molecule has 3 aromatic rings. The van der Waals surface area contributed by atoms with Gasteiger partial charge < -0.3 is 15.4 Å². The van der Waals surface area contributed by atoms with Crippen LogP contribution in [-0.4, -0.2) is 24.3 Å². The van der Waals surface area contributed by atoms with Crippen molar-refractivity contribution in [3.05, 3.63) is 59.0 Å². The Balaban J connectivity index is 1.15. The van der Waals surface area contributed by atoms with Crippen LogP contribution in [0.1, 0.15) is 40.9 Å². The Hall–Kier alpha value is -2.70. The lowest BCUT2D eigenvalue weighted by Gasteiger charge is -2.28. The van der Waals surface area contributed by atoms with E-state index in [1.165, 1.54) is 4.70 Å². The first kappa shape index (κ1) is 19.3. The number of thiophene rings is 1. The number of nitrogens with one attached hydrogen (secondary N) is 2. The van der Waals surface area contributed by atoms with Crippen LogP contribution in [0.4, 0.5) is 5.69 Å². The normalized spacial score (nSPS) is 21.0. The van der Waals surface area contributed by atoms with Gasteiger partial charge in [-0.15, -0.1) is 11.3 Å². The zero-order valence-electron chi connectivity index (χ0n) is 16.6. The predicted octanol–water partition coefficient (Wildman–Crippen LogP) is 4.76. The van der Waals surface area contributed by atoms with Gasteiger partial charge in [0, 0.05) is 23.2 Å². The van der Waals surface area contributed by atoms with E-state index in [9.17, 15) is 9.59 Å². The Labute approximate surface area is 179 Å². The van der Waals surface area contributed by atoms with Crippen molar-refractivity contribution in [2.45, 2.75) is 38.3 Å². The molecule has 0 radical (unpaired) electrons. The monoisotopic (exact) mass is 420 g/mol. The van der Waals surface area contributed by atoms with E-state index >= 15 is 0 Å². The fourth-order valence-corrected chi connectivity index (χ4v) is 5.45. The van der Waals surface area contributed by atoms with Crippen molar-refractivity contribution in [1.29, 1.82) is 0 Å². The molecule has 1 aliphatic carbocycles. The minimum atomic E-state index is -0.116. The molecule has 0 unspecified atom stereocenters. The molecule has 1 aliphatic heterocycles. The van der Waals surface area contributed by atoms with Gasteiger partial charge in [-0.3, -0.25) is 9.59 Å². The second kappa shape index (κ2) is 8.20. The number of amides is 1. The smallest absolute Gasteiger partial charge is 0.262 e. The van der Waals surface area contributed by atoms with Crippen molar-refractivity contribution in [3.63, 3.8) is 0 Å². The molecule has 6 heteroatoms. The van der Waals surface area contributed by atoms with Crippen LogP contribution < -0.4 is 15.4 Å². The Bertz CT molecular complexity index is 1070. The Morgan fingerprint density at radius 1 is 1.10 bits per heavy atom. The molecule has 2 heterocycles. The van der Waals surface area contributed by atoms with E-state index in [1.807, 2.05) is 36.4 Å². The molecule has 5 nitrogen and oxygen atoms in total. The molecule has 0 spiro atoms. The molecule has 0 saturated heterocycles. The highest BCUT2D eigenvalue weighted by Gasteiger charge is 2.28. The second-order valence-corrected chi connectivity index (χ2v) is 9.19. The quantitative estimate of drug-likeness (QED) is 0.584. The average molecular weight is 421 g/mol. The van der Waals surface area contributed by atoms with Gasteiger partial charge in [-0.1, -0.05) is 24.3 Å². The van der Waals surface area contributed by atoms with Gasteiger partial charge >= 0.3 is 0 Å². The molecule has 2 N–H and O–H groups in total. The van der Waals surface area contributed by atoms with E-state index in [0.29, 0.717) is 11.8 Å². The Morgan fingerprint density at radius 3 is 2.77 bits per heavy atom. The van der Waals surface area contributed by atoms with Crippen molar-refractivity contribution in [1.82, 2.24) is 5.32 Å². The van der Waals surface area contributed by atoms with Crippen LogP contribution in [0.15, 0.2) is 48.5 Å². The summed E-state index contributed by atoms with van der Waals surface area (Å²) in [6.45, 7) is 0.816. The van der Waals surface area contributed by atoms with Gasteiger partial charge in [-0.05, 0) is 60.9 Å². The summed E-state index contributed by atoms with van der Waals surface area (Å²) in [5, 5.41) is 7.63. The number of hydrogen-bond acceptors (Lipinski definition) is 5. The maximum absolute atomic E-state index is 13.0. The number of carbonyl (C=O) groups excluding carboxylic acids is 2. The van der Waals surface area contributed by atoms with Crippen LogP contribution >= 0.6 is 11.3 Å². The fourth-order valence-electron chi connectivity index (χ4n) is 4.37. The molecule has 1 saturated carbocycles. The molecule has 2 aromatic carbocycles. The van der Waals surface area contributed by atoms with Crippen LogP contribution in [0.2, 0.25) is 0 Å². The number of anilines is 1. The van der Waals surface area contributed by atoms with E-state index in [2.05, 4.69) is 22.8 Å². The van der Waals surface area contributed by atoms with Gasteiger partial charge in [0.15, 0.2) is 12.4 Å². The minimum absolute atomic E-state index is 0.0774. The summed E-state index contributed by atoms with van der Waals surface area (Å²) in [5.74, 6) is 1.04. The average Bonchev–Trinajstić information content (AvgIpc) is 3.21. The molecule has 0 atom stereocenters. The van der Waals surface area contributed by atoms with E-state index in [1.54, 1.807) is 11.3 Å². The van der Waals surface area contributed by atoms with Crippen molar-refractivity contribution in [2.75, 3.05) is 11.9 Å². The fraction of sp³-hybridized carbons (Fsp3) is 0.333. The van der Waals surface area contributed by atoms with Gasteiger partial charge in [0.1, 0.15) is 5.75 Å². The molecule has 1 aromatic heterocycles. The summed E-state index contributed by atoms with van der Waals surface area (Å²) >= 11 is 1.61. The van der Waals surface area contributed by atoms with Gasteiger partial charge in [-0.2, -0.15) is 0 Å². The van der Waals surface area contributed by atoms with Crippen LogP contribution in [0.25, 0.3) is 10.1 Å². The summed E-state index contributed by atoms with van der Waals surface area (Å²) in [4.78, 5) is 25.4. The van der Waals surface area contributed by atoms with Gasteiger partial charge in [-0.25, -0.2) is 0 Å². The number of ketones is 1. The third-order valence-corrected chi connectivity index (χ3v) is 7.17. The number of fused-ring (bicyclic) bond motifs is 2. The maximum Gasteiger partial charge on any atom is 0.262 e. The molecule has 5 rings (SSSR count). The summed E-state index contributed by atoms with van der Waals surface area (Å²) in [7, 11) is 0.